The zero-order valence-corrected chi connectivity index (χ0v) is 48.8. The normalized spacial score (nSPS) is 11.5. The van der Waals surface area contributed by atoms with Gasteiger partial charge in [-0.25, -0.2) is 0 Å². The van der Waals surface area contributed by atoms with Crippen LogP contribution in [0.2, 0.25) is 0 Å². The largest absolute Gasteiger partial charge is 0.311 e. The fourth-order valence-corrected chi connectivity index (χ4v) is 11.1. The molecule has 0 unspecified atom stereocenters. The highest BCUT2D eigenvalue weighted by Gasteiger charge is 2.21. The van der Waals surface area contributed by atoms with Crippen molar-refractivity contribution in [1.29, 1.82) is 0 Å². The number of nitrogens with zero attached hydrogens (tertiary/aromatic N) is 4. The Kier molecular flexibility index (Phi) is 15.4. The fraction of sp³-hybridized carbons (Fsp3) is 0.100. The van der Waals surface area contributed by atoms with Gasteiger partial charge in [0, 0.05) is 68.2 Å². The molecule has 12 aromatic rings. The summed E-state index contributed by atoms with van der Waals surface area (Å²) in [5.74, 6) is 0. The van der Waals surface area contributed by atoms with Gasteiger partial charge in [-0.3, -0.25) is 0 Å². The quantitative estimate of drug-likeness (QED) is 0.101. The highest BCUT2D eigenvalue weighted by molar-refractivity contribution is 5.85. The molecule has 0 aliphatic carbocycles. The first kappa shape index (κ1) is 54.4. The molecule has 0 aliphatic heterocycles. The van der Waals surface area contributed by atoms with Crippen LogP contribution in [-0.2, 0) is 10.8 Å². The second kappa shape index (κ2) is 23.7. The molecule has 0 aromatic heterocycles. The number of para-hydroxylation sites is 4. The lowest BCUT2D eigenvalue weighted by Gasteiger charge is -2.28. The van der Waals surface area contributed by atoms with Crippen LogP contribution in [0.4, 0.5) is 68.2 Å². The van der Waals surface area contributed by atoms with Crippen molar-refractivity contribution in [2.45, 2.75) is 52.4 Å². The highest BCUT2D eigenvalue weighted by atomic mass is 15.2. The molecule has 12 aromatic carbocycles. The van der Waals surface area contributed by atoms with E-state index in [0.29, 0.717) is 0 Å². The molecule has 0 heterocycles. The highest BCUT2D eigenvalue weighted by Crippen LogP contribution is 2.43. The van der Waals surface area contributed by atoms with Crippen LogP contribution in [0.1, 0.15) is 52.7 Å². The van der Waals surface area contributed by atoms with E-state index in [1.165, 1.54) is 11.1 Å². The van der Waals surface area contributed by atoms with Crippen molar-refractivity contribution in [3.05, 3.63) is 327 Å². The lowest BCUT2D eigenvalue weighted by Crippen LogP contribution is -2.13. The van der Waals surface area contributed by atoms with E-state index in [1.807, 2.05) is 0 Å². The van der Waals surface area contributed by atoms with Gasteiger partial charge in [0.25, 0.3) is 0 Å². The molecular formula is C80H70N4. The lowest BCUT2D eigenvalue weighted by molar-refractivity contribution is 0.590. The van der Waals surface area contributed by atoms with E-state index in [1.54, 1.807) is 0 Å². The van der Waals surface area contributed by atoms with Crippen molar-refractivity contribution >= 4 is 68.2 Å². The van der Waals surface area contributed by atoms with Crippen LogP contribution in [0.25, 0.3) is 33.4 Å². The third-order valence-electron chi connectivity index (χ3n) is 15.8. The van der Waals surface area contributed by atoms with Gasteiger partial charge in [0.15, 0.2) is 0 Å². The molecule has 84 heavy (non-hydrogen) atoms. The maximum absolute atomic E-state index is 2.36. The van der Waals surface area contributed by atoms with E-state index in [9.17, 15) is 0 Å². The summed E-state index contributed by atoms with van der Waals surface area (Å²) >= 11 is 0. The molecule has 0 saturated heterocycles. The fourth-order valence-electron chi connectivity index (χ4n) is 11.1. The Hall–Kier alpha value is -10.2. The molecule has 12 rings (SSSR count). The molecule has 0 fully saturated rings. The van der Waals surface area contributed by atoms with Crippen molar-refractivity contribution in [1.82, 2.24) is 0 Å². The van der Waals surface area contributed by atoms with Crippen LogP contribution in [0, 0.1) is 0 Å². The summed E-state index contributed by atoms with van der Waals surface area (Å²) < 4.78 is 0. The van der Waals surface area contributed by atoms with E-state index >= 15 is 0 Å². The summed E-state index contributed by atoms with van der Waals surface area (Å²) in [4.78, 5) is 9.31. The summed E-state index contributed by atoms with van der Waals surface area (Å²) in [6.07, 6.45) is 0. The van der Waals surface area contributed by atoms with E-state index in [2.05, 4.69) is 377 Å². The molecule has 0 amide bonds. The summed E-state index contributed by atoms with van der Waals surface area (Å²) in [6.45, 7) is 13.6. The van der Waals surface area contributed by atoms with E-state index in [4.69, 9.17) is 0 Å². The minimum Gasteiger partial charge on any atom is -0.311 e. The SMILES string of the molecule is CC(C)(C)c1ccc(N(c2ccc(-c3ccc(N(c4ccccc4)c4ccccc4)cc3)cc2)c2ccc(-c3ccc(N(c4ccc(-c5ccc(N(c6ccccc6)c6ccccc6)cc5)cc4)c4ccc(C(C)(C)C)cc4)cc3)cc2)cc1. The molecule has 410 valence electrons. The van der Waals surface area contributed by atoms with Gasteiger partial charge in [-0.15, -0.1) is 0 Å². The monoisotopic (exact) mass is 1090 g/mol. The molecule has 0 N–H and O–H groups in total. The second-order valence-electron chi connectivity index (χ2n) is 23.6. The van der Waals surface area contributed by atoms with Gasteiger partial charge in [0.05, 0.1) is 0 Å². The summed E-state index contributed by atoms with van der Waals surface area (Å²) in [5.41, 5.74) is 22.9. The minimum absolute atomic E-state index is 0.0410. The standard InChI is InChI=1S/C80H70N4/c1-79(2,3)65-39-55-77(56-40-65)83(73-47-31-61(32-48-73)59-27-43-71(44-28-59)81(67-19-11-7-12-20-67)68-21-13-8-14-22-68)75-51-35-63(36-52-75)64-37-53-76(54-38-64)84(78-57-41-66(42-58-78)80(4,5)6)74-49-33-62(34-50-74)60-29-45-72(46-30-60)82(69-23-15-9-16-24-69)70-25-17-10-18-26-70/h7-58H,1-6H3. The lowest BCUT2D eigenvalue weighted by atomic mass is 9.87. The second-order valence-corrected chi connectivity index (χ2v) is 23.6. The number of anilines is 12. The third kappa shape index (κ3) is 11.9. The zero-order chi connectivity index (χ0) is 57.6. The van der Waals surface area contributed by atoms with E-state index in [-0.39, 0.29) is 10.8 Å². The number of benzene rings is 12. The van der Waals surface area contributed by atoms with Crippen molar-refractivity contribution in [2.75, 3.05) is 19.6 Å². The zero-order valence-electron chi connectivity index (χ0n) is 48.8. The van der Waals surface area contributed by atoms with Crippen molar-refractivity contribution in [3.8, 4) is 33.4 Å². The molecular weight excluding hydrogens is 1020 g/mol. The Balaban J connectivity index is 0.813. The summed E-state index contributed by atoms with van der Waals surface area (Å²) in [5, 5.41) is 0. The molecule has 0 atom stereocenters. The predicted molar refractivity (Wildman–Crippen MR) is 359 cm³/mol. The van der Waals surface area contributed by atoms with Crippen LogP contribution >= 0.6 is 0 Å². The Bertz CT molecular complexity index is 3690. The first-order valence-electron chi connectivity index (χ1n) is 29.1. The first-order chi connectivity index (χ1) is 40.9. The van der Waals surface area contributed by atoms with Crippen LogP contribution in [0.3, 0.4) is 0 Å². The Morgan fingerprint density at radius 1 is 0.155 bits per heavy atom. The molecule has 0 bridgehead atoms. The summed E-state index contributed by atoms with van der Waals surface area (Å²) in [7, 11) is 0. The summed E-state index contributed by atoms with van der Waals surface area (Å²) in [6, 6.07) is 114. The van der Waals surface area contributed by atoms with Crippen molar-refractivity contribution in [3.63, 3.8) is 0 Å². The topological polar surface area (TPSA) is 13.0 Å². The molecule has 4 nitrogen and oxygen atoms in total. The number of hydrogen-bond acceptors (Lipinski definition) is 4. The van der Waals surface area contributed by atoms with Gasteiger partial charge >= 0.3 is 0 Å². The van der Waals surface area contributed by atoms with Crippen LogP contribution < -0.4 is 19.6 Å². The Labute approximate surface area is 497 Å². The minimum atomic E-state index is 0.0410. The van der Waals surface area contributed by atoms with Gasteiger partial charge in [0.1, 0.15) is 0 Å². The van der Waals surface area contributed by atoms with E-state index < -0.39 is 0 Å². The van der Waals surface area contributed by atoms with Gasteiger partial charge in [0.2, 0.25) is 0 Å². The van der Waals surface area contributed by atoms with Crippen LogP contribution in [0.5, 0.6) is 0 Å². The van der Waals surface area contributed by atoms with Crippen LogP contribution in [-0.4, -0.2) is 0 Å². The molecule has 0 aliphatic rings. The van der Waals surface area contributed by atoms with Gasteiger partial charge in [-0.05, 0) is 201 Å². The third-order valence-corrected chi connectivity index (χ3v) is 15.8. The van der Waals surface area contributed by atoms with Crippen molar-refractivity contribution in [2.24, 2.45) is 0 Å². The van der Waals surface area contributed by atoms with Gasteiger partial charge in [-0.1, -0.05) is 211 Å². The maximum atomic E-state index is 2.36. The molecule has 0 spiro atoms. The number of rotatable bonds is 15. The van der Waals surface area contributed by atoms with Crippen molar-refractivity contribution < 1.29 is 0 Å². The predicted octanol–water partition coefficient (Wildman–Crippen LogP) is 23.2. The Morgan fingerprint density at radius 2 is 0.286 bits per heavy atom. The average Bonchev–Trinajstić information content (AvgIpc) is 3.67. The molecule has 4 heteroatoms. The van der Waals surface area contributed by atoms with Gasteiger partial charge in [-0.2, -0.15) is 0 Å². The maximum Gasteiger partial charge on any atom is 0.0462 e. The van der Waals surface area contributed by atoms with Gasteiger partial charge < -0.3 is 19.6 Å². The molecule has 0 radical (unpaired) electrons. The Morgan fingerprint density at radius 3 is 0.429 bits per heavy atom. The smallest absolute Gasteiger partial charge is 0.0462 e. The van der Waals surface area contributed by atoms with Crippen LogP contribution in [0.15, 0.2) is 315 Å². The average molecular weight is 1090 g/mol. The molecule has 0 saturated carbocycles. The van der Waals surface area contributed by atoms with E-state index in [0.717, 1.165) is 102 Å². The first-order valence-corrected chi connectivity index (χ1v) is 29.1. The number of hydrogen-bond donors (Lipinski definition) is 0.